The van der Waals surface area contributed by atoms with Crippen LogP contribution in [0.15, 0.2) is 53.9 Å². The molecule has 0 aliphatic carbocycles. The number of thiazole rings is 1. The average molecular weight is 387 g/mol. The third-order valence-corrected chi connectivity index (χ3v) is 5.06. The Morgan fingerprint density at radius 2 is 2.04 bits per heavy atom. The van der Waals surface area contributed by atoms with E-state index < -0.39 is 0 Å². The molecule has 2 aromatic carbocycles. The summed E-state index contributed by atoms with van der Waals surface area (Å²) in [7, 11) is 0. The number of carbonyl (C=O) groups is 1. The van der Waals surface area contributed by atoms with E-state index in [1.807, 2.05) is 61.7 Å². The standard InChI is InChI=1S/C20H19ClN2O2S/c1-13-12-26-20(22-13)15-6-8-18(9-7-15)25-11-19(24)23-14(2)16-4-3-5-17(21)10-16/h3-10,12,14H,11H2,1-2H3,(H,23,24)/t14-/m1/s1. The zero-order valence-electron chi connectivity index (χ0n) is 14.5. The third-order valence-electron chi connectivity index (χ3n) is 3.82. The van der Waals surface area contributed by atoms with E-state index in [4.69, 9.17) is 16.3 Å². The molecule has 0 saturated carbocycles. The van der Waals surface area contributed by atoms with Gasteiger partial charge in [0.25, 0.3) is 5.91 Å². The second-order valence-electron chi connectivity index (χ2n) is 5.95. The van der Waals surface area contributed by atoms with Gasteiger partial charge in [0, 0.05) is 21.7 Å². The fourth-order valence-electron chi connectivity index (χ4n) is 2.47. The number of rotatable bonds is 6. The van der Waals surface area contributed by atoms with E-state index in [1.165, 1.54) is 0 Å². The van der Waals surface area contributed by atoms with E-state index in [9.17, 15) is 4.79 Å². The molecule has 6 heteroatoms. The molecule has 0 radical (unpaired) electrons. The van der Waals surface area contributed by atoms with Crippen LogP contribution in [0.3, 0.4) is 0 Å². The Kier molecular flexibility index (Phi) is 5.91. The maximum absolute atomic E-state index is 12.1. The van der Waals surface area contributed by atoms with Crippen LogP contribution in [0, 0.1) is 6.92 Å². The number of benzene rings is 2. The molecule has 134 valence electrons. The minimum Gasteiger partial charge on any atom is -0.484 e. The highest BCUT2D eigenvalue weighted by Gasteiger charge is 2.11. The van der Waals surface area contributed by atoms with Gasteiger partial charge in [0.2, 0.25) is 0 Å². The number of hydrogen-bond acceptors (Lipinski definition) is 4. The Bertz CT molecular complexity index is 893. The summed E-state index contributed by atoms with van der Waals surface area (Å²) >= 11 is 7.59. The molecule has 0 unspecified atom stereocenters. The maximum Gasteiger partial charge on any atom is 0.258 e. The number of carbonyl (C=O) groups excluding carboxylic acids is 1. The Morgan fingerprint density at radius 1 is 1.27 bits per heavy atom. The summed E-state index contributed by atoms with van der Waals surface area (Å²) in [6.07, 6.45) is 0. The lowest BCUT2D eigenvalue weighted by atomic mass is 10.1. The zero-order chi connectivity index (χ0) is 18.5. The van der Waals surface area contributed by atoms with Gasteiger partial charge in [-0.25, -0.2) is 4.98 Å². The minimum atomic E-state index is -0.183. The van der Waals surface area contributed by atoms with Crippen LogP contribution in [0.1, 0.15) is 24.2 Å². The maximum atomic E-state index is 12.1. The molecule has 3 rings (SSSR count). The van der Waals surface area contributed by atoms with E-state index in [-0.39, 0.29) is 18.6 Å². The highest BCUT2D eigenvalue weighted by Crippen LogP contribution is 2.25. The van der Waals surface area contributed by atoms with Gasteiger partial charge in [-0.2, -0.15) is 0 Å². The fourth-order valence-corrected chi connectivity index (χ4v) is 3.47. The first-order chi connectivity index (χ1) is 12.5. The van der Waals surface area contributed by atoms with Crippen molar-refractivity contribution in [2.45, 2.75) is 19.9 Å². The van der Waals surface area contributed by atoms with Crippen molar-refractivity contribution in [1.29, 1.82) is 0 Å². The summed E-state index contributed by atoms with van der Waals surface area (Å²) in [5.41, 5.74) is 3.00. The highest BCUT2D eigenvalue weighted by atomic mass is 35.5. The van der Waals surface area contributed by atoms with Crippen LogP contribution in [0.25, 0.3) is 10.6 Å². The third kappa shape index (κ3) is 4.84. The quantitative estimate of drug-likeness (QED) is 0.646. The van der Waals surface area contributed by atoms with Crippen LogP contribution in [-0.2, 0) is 4.79 Å². The molecule has 0 aliphatic heterocycles. The summed E-state index contributed by atoms with van der Waals surface area (Å²) in [5.74, 6) is 0.463. The molecule has 1 atom stereocenters. The lowest BCUT2D eigenvalue weighted by molar-refractivity contribution is -0.123. The largest absolute Gasteiger partial charge is 0.484 e. The number of aromatic nitrogens is 1. The number of nitrogens with zero attached hydrogens (tertiary/aromatic N) is 1. The van der Waals surface area contributed by atoms with Crippen molar-refractivity contribution in [3.63, 3.8) is 0 Å². The van der Waals surface area contributed by atoms with Gasteiger partial charge >= 0.3 is 0 Å². The van der Waals surface area contributed by atoms with E-state index in [0.717, 1.165) is 21.8 Å². The minimum absolute atomic E-state index is 0.0411. The molecule has 26 heavy (non-hydrogen) atoms. The summed E-state index contributed by atoms with van der Waals surface area (Å²) in [6, 6.07) is 14.9. The monoisotopic (exact) mass is 386 g/mol. The second kappa shape index (κ2) is 8.34. The van der Waals surface area contributed by atoms with E-state index in [1.54, 1.807) is 17.4 Å². The lowest BCUT2D eigenvalue weighted by Gasteiger charge is -2.15. The van der Waals surface area contributed by atoms with Crippen molar-refractivity contribution >= 4 is 28.8 Å². The van der Waals surface area contributed by atoms with Crippen LogP contribution >= 0.6 is 22.9 Å². The topological polar surface area (TPSA) is 51.2 Å². The first-order valence-corrected chi connectivity index (χ1v) is 9.47. The number of ether oxygens (including phenoxy) is 1. The Hall–Kier alpha value is -2.37. The molecule has 4 nitrogen and oxygen atoms in total. The summed E-state index contributed by atoms with van der Waals surface area (Å²) in [6.45, 7) is 3.84. The molecule has 0 spiro atoms. The normalized spacial score (nSPS) is 11.8. The van der Waals surface area contributed by atoms with E-state index in [2.05, 4.69) is 10.3 Å². The highest BCUT2D eigenvalue weighted by molar-refractivity contribution is 7.13. The molecular weight excluding hydrogens is 368 g/mol. The molecule has 1 N–H and O–H groups in total. The molecule has 0 fully saturated rings. The van der Waals surface area contributed by atoms with Gasteiger partial charge in [-0.15, -0.1) is 11.3 Å². The van der Waals surface area contributed by atoms with Gasteiger partial charge in [-0.1, -0.05) is 23.7 Å². The number of halogens is 1. The first kappa shape index (κ1) is 18.4. The van der Waals surface area contributed by atoms with Crippen molar-refractivity contribution in [2.24, 2.45) is 0 Å². The molecule has 1 amide bonds. The first-order valence-electron chi connectivity index (χ1n) is 8.21. The van der Waals surface area contributed by atoms with Crippen LogP contribution in [-0.4, -0.2) is 17.5 Å². The molecule has 1 aromatic heterocycles. The lowest BCUT2D eigenvalue weighted by Crippen LogP contribution is -2.31. The smallest absolute Gasteiger partial charge is 0.258 e. The van der Waals surface area contributed by atoms with Crippen molar-refractivity contribution < 1.29 is 9.53 Å². The molecule has 0 saturated heterocycles. The van der Waals surface area contributed by atoms with Crippen LogP contribution in [0.2, 0.25) is 5.02 Å². The Balaban J connectivity index is 1.52. The predicted molar refractivity (Wildman–Crippen MR) is 106 cm³/mol. The average Bonchev–Trinajstić information content (AvgIpc) is 3.07. The van der Waals surface area contributed by atoms with Gasteiger partial charge in [-0.3, -0.25) is 4.79 Å². The molecule has 0 aliphatic rings. The fraction of sp³-hybridized carbons (Fsp3) is 0.200. The van der Waals surface area contributed by atoms with E-state index in [0.29, 0.717) is 10.8 Å². The van der Waals surface area contributed by atoms with Crippen molar-refractivity contribution in [2.75, 3.05) is 6.61 Å². The Morgan fingerprint density at radius 3 is 2.69 bits per heavy atom. The zero-order valence-corrected chi connectivity index (χ0v) is 16.1. The summed E-state index contributed by atoms with van der Waals surface area (Å²) in [4.78, 5) is 16.6. The van der Waals surface area contributed by atoms with E-state index >= 15 is 0 Å². The van der Waals surface area contributed by atoms with Gasteiger partial charge < -0.3 is 10.1 Å². The number of amides is 1. The molecule has 3 aromatic rings. The molecular formula is C20H19ClN2O2S. The van der Waals surface area contributed by atoms with Crippen LogP contribution in [0.4, 0.5) is 0 Å². The second-order valence-corrected chi connectivity index (χ2v) is 7.25. The SMILES string of the molecule is Cc1csc(-c2ccc(OCC(=O)N[C@H](C)c3cccc(Cl)c3)cc2)n1. The van der Waals surface area contributed by atoms with Crippen molar-refractivity contribution in [3.8, 4) is 16.3 Å². The van der Waals surface area contributed by atoms with Crippen molar-refractivity contribution in [3.05, 3.63) is 70.2 Å². The summed E-state index contributed by atoms with van der Waals surface area (Å²) < 4.78 is 5.57. The Labute approximate surface area is 161 Å². The van der Waals surface area contributed by atoms with Crippen LogP contribution in [0.5, 0.6) is 5.75 Å². The van der Waals surface area contributed by atoms with Crippen LogP contribution < -0.4 is 10.1 Å². The van der Waals surface area contributed by atoms with Crippen molar-refractivity contribution in [1.82, 2.24) is 10.3 Å². The van der Waals surface area contributed by atoms with Gasteiger partial charge in [-0.05, 0) is 55.8 Å². The number of aryl methyl sites for hydroxylation is 1. The number of hydrogen-bond donors (Lipinski definition) is 1. The predicted octanol–water partition coefficient (Wildman–Crippen LogP) is 5.03. The van der Waals surface area contributed by atoms with Gasteiger partial charge in [0.1, 0.15) is 10.8 Å². The molecule has 0 bridgehead atoms. The number of nitrogens with one attached hydrogen (secondary N) is 1. The van der Waals surface area contributed by atoms with Gasteiger partial charge in [0.05, 0.1) is 6.04 Å². The van der Waals surface area contributed by atoms with Gasteiger partial charge in [0.15, 0.2) is 6.61 Å². The summed E-state index contributed by atoms with van der Waals surface area (Å²) in [5, 5.41) is 6.54. The molecule has 1 heterocycles.